The van der Waals surface area contributed by atoms with Crippen LogP contribution in [0, 0.1) is 0 Å². The molecule has 0 bridgehead atoms. The first-order valence-electron chi connectivity index (χ1n) is 7.52. The van der Waals surface area contributed by atoms with Gasteiger partial charge in [-0.1, -0.05) is 38.1 Å². The van der Waals surface area contributed by atoms with Crippen LogP contribution in [0.15, 0.2) is 24.3 Å². The summed E-state index contributed by atoms with van der Waals surface area (Å²) in [6.45, 7) is 7.02. The zero-order valence-corrected chi connectivity index (χ0v) is 13.1. The third-order valence-electron chi connectivity index (χ3n) is 3.60. The number of carbonyl (C=O) groups is 2. The minimum absolute atomic E-state index is 0.00264. The van der Waals surface area contributed by atoms with Gasteiger partial charge in [0.05, 0.1) is 6.42 Å². The first-order valence-corrected chi connectivity index (χ1v) is 7.52. The fourth-order valence-electron chi connectivity index (χ4n) is 2.17. The van der Waals surface area contributed by atoms with E-state index in [1.807, 2.05) is 6.92 Å². The van der Waals surface area contributed by atoms with Crippen LogP contribution in [0.25, 0.3) is 0 Å². The number of hydrogen-bond donors (Lipinski definition) is 1. The van der Waals surface area contributed by atoms with Gasteiger partial charge in [0.2, 0.25) is 5.91 Å². The summed E-state index contributed by atoms with van der Waals surface area (Å²) in [5.74, 6) is -0.343. The molecule has 0 saturated heterocycles. The number of aryl methyl sites for hydroxylation is 1. The lowest BCUT2D eigenvalue weighted by Crippen LogP contribution is -2.32. The van der Waals surface area contributed by atoms with Crippen molar-refractivity contribution in [3.05, 3.63) is 35.4 Å². The van der Waals surface area contributed by atoms with Crippen LogP contribution < -0.4 is 0 Å². The molecule has 0 atom stereocenters. The van der Waals surface area contributed by atoms with Crippen LogP contribution in [-0.2, 0) is 16.0 Å². The SMILES string of the molecule is CCN(CCC(=O)O)C(=O)CCc1ccc(C(C)C)cc1. The number of rotatable bonds is 8. The highest BCUT2D eigenvalue weighted by Crippen LogP contribution is 2.15. The molecule has 1 amide bonds. The second-order valence-electron chi connectivity index (χ2n) is 5.51. The predicted molar refractivity (Wildman–Crippen MR) is 83.4 cm³/mol. The number of carboxylic acid groups (broad SMARTS) is 1. The smallest absolute Gasteiger partial charge is 0.305 e. The summed E-state index contributed by atoms with van der Waals surface area (Å²) in [4.78, 5) is 24.2. The number of hydrogen-bond acceptors (Lipinski definition) is 2. The molecule has 116 valence electrons. The second kappa shape index (κ2) is 8.45. The van der Waals surface area contributed by atoms with E-state index in [9.17, 15) is 9.59 Å². The Hall–Kier alpha value is -1.84. The molecule has 0 heterocycles. The van der Waals surface area contributed by atoms with Gasteiger partial charge in [-0.25, -0.2) is 0 Å². The van der Waals surface area contributed by atoms with Gasteiger partial charge in [-0.15, -0.1) is 0 Å². The number of nitrogens with zero attached hydrogens (tertiary/aromatic N) is 1. The van der Waals surface area contributed by atoms with Gasteiger partial charge in [-0.05, 0) is 30.4 Å². The Kier molecular flexibility index (Phi) is 6.92. The summed E-state index contributed by atoms with van der Waals surface area (Å²) in [5.41, 5.74) is 2.43. The van der Waals surface area contributed by atoms with Crippen molar-refractivity contribution in [1.82, 2.24) is 4.90 Å². The van der Waals surface area contributed by atoms with Crippen LogP contribution in [0.3, 0.4) is 0 Å². The molecule has 0 aliphatic heterocycles. The van der Waals surface area contributed by atoms with Crippen LogP contribution in [0.5, 0.6) is 0 Å². The van der Waals surface area contributed by atoms with Gasteiger partial charge in [-0.2, -0.15) is 0 Å². The molecule has 0 radical (unpaired) electrons. The van der Waals surface area contributed by atoms with Crippen LogP contribution in [0.1, 0.15) is 50.7 Å². The summed E-state index contributed by atoms with van der Waals surface area (Å²) in [6.07, 6.45) is 1.12. The van der Waals surface area contributed by atoms with Crippen molar-refractivity contribution in [2.24, 2.45) is 0 Å². The highest BCUT2D eigenvalue weighted by molar-refractivity contribution is 5.77. The molecular formula is C17H25NO3. The fourth-order valence-corrected chi connectivity index (χ4v) is 2.17. The molecular weight excluding hydrogens is 266 g/mol. The number of amides is 1. The summed E-state index contributed by atoms with van der Waals surface area (Å²) < 4.78 is 0. The molecule has 1 rings (SSSR count). The lowest BCUT2D eigenvalue weighted by molar-refractivity contribution is -0.138. The molecule has 4 heteroatoms. The van der Waals surface area contributed by atoms with E-state index in [1.54, 1.807) is 4.90 Å². The standard InChI is InChI=1S/C17H25NO3/c1-4-18(12-11-17(20)21)16(19)10-7-14-5-8-15(9-6-14)13(2)3/h5-6,8-9,13H,4,7,10-12H2,1-3H3,(H,20,21). The second-order valence-corrected chi connectivity index (χ2v) is 5.51. The van der Waals surface area contributed by atoms with Gasteiger partial charge in [0.25, 0.3) is 0 Å². The van der Waals surface area contributed by atoms with E-state index in [2.05, 4.69) is 38.1 Å². The van der Waals surface area contributed by atoms with Crippen molar-refractivity contribution >= 4 is 11.9 Å². The minimum atomic E-state index is -0.870. The molecule has 0 saturated carbocycles. The van der Waals surface area contributed by atoms with Crippen molar-refractivity contribution < 1.29 is 14.7 Å². The average molecular weight is 291 g/mol. The lowest BCUT2D eigenvalue weighted by Gasteiger charge is -2.20. The van der Waals surface area contributed by atoms with E-state index in [4.69, 9.17) is 5.11 Å². The van der Waals surface area contributed by atoms with Gasteiger partial charge in [0, 0.05) is 19.5 Å². The van der Waals surface area contributed by atoms with Gasteiger partial charge in [0.15, 0.2) is 0 Å². The van der Waals surface area contributed by atoms with Crippen LogP contribution in [0.4, 0.5) is 0 Å². The highest BCUT2D eigenvalue weighted by atomic mass is 16.4. The van der Waals surface area contributed by atoms with Crippen molar-refractivity contribution in [3.8, 4) is 0 Å². The molecule has 21 heavy (non-hydrogen) atoms. The van der Waals surface area contributed by atoms with Crippen molar-refractivity contribution in [2.45, 2.75) is 46.0 Å². The van der Waals surface area contributed by atoms with E-state index < -0.39 is 5.97 Å². The minimum Gasteiger partial charge on any atom is -0.481 e. The Balaban J connectivity index is 2.48. The quantitative estimate of drug-likeness (QED) is 0.801. The predicted octanol–water partition coefficient (Wildman–Crippen LogP) is 3.07. The molecule has 0 aliphatic carbocycles. The number of carboxylic acids is 1. The van der Waals surface area contributed by atoms with Crippen LogP contribution in [-0.4, -0.2) is 35.0 Å². The Morgan fingerprint density at radius 1 is 1.14 bits per heavy atom. The molecule has 1 aromatic carbocycles. The van der Waals surface area contributed by atoms with Crippen LogP contribution in [0.2, 0.25) is 0 Å². The maximum Gasteiger partial charge on any atom is 0.305 e. The van der Waals surface area contributed by atoms with Gasteiger partial charge in [0.1, 0.15) is 0 Å². The Morgan fingerprint density at radius 3 is 2.24 bits per heavy atom. The summed E-state index contributed by atoms with van der Waals surface area (Å²) >= 11 is 0. The highest BCUT2D eigenvalue weighted by Gasteiger charge is 2.12. The summed E-state index contributed by atoms with van der Waals surface area (Å²) in [5, 5.41) is 8.68. The zero-order valence-electron chi connectivity index (χ0n) is 13.1. The van der Waals surface area contributed by atoms with Crippen molar-refractivity contribution in [1.29, 1.82) is 0 Å². The normalized spacial score (nSPS) is 10.7. The first-order chi connectivity index (χ1) is 9.93. The Bertz CT molecular complexity index is 465. The molecule has 0 aliphatic rings. The van der Waals surface area contributed by atoms with Crippen molar-refractivity contribution in [3.63, 3.8) is 0 Å². The molecule has 0 unspecified atom stereocenters. The largest absolute Gasteiger partial charge is 0.481 e. The van der Waals surface area contributed by atoms with E-state index in [0.717, 1.165) is 5.56 Å². The monoisotopic (exact) mass is 291 g/mol. The van der Waals surface area contributed by atoms with E-state index in [-0.39, 0.29) is 18.9 Å². The number of carbonyl (C=O) groups excluding carboxylic acids is 1. The maximum absolute atomic E-state index is 12.1. The first kappa shape index (κ1) is 17.2. The number of benzene rings is 1. The van der Waals surface area contributed by atoms with Gasteiger partial charge in [-0.3, -0.25) is 9.59 Å². The molecule has 1 aromatic rings. The molecule has 1 N–H and O–H groups in total. The summed E-state index contributed by atoms with van der Waals surface area (Å²) in [7, 11) is 0. The molecule has 0 spiro atoms. The van der Waals surface area contributed by atoms with E-state index in [1.165, 1.54) is 5.56 Å². The lowest BCUT2D eigenvalue weighted by atomic mass is 10.0. The molecule has 0 aromatic heterocycles. The summed E-state index contributed by atoms with van der Waals surface area (Å²) in [6, 6.07) is 8.34. The van der Waals surface area contributed by atoms with Crippen molar-refractivity contribution in [2.75, 3.05) is 13.1 Å². The zero-order chi connectivity index (χ0) is 15.8. The Morgan fingerprint density at radius 2 is 1.76 bits per heavy atom. The van der Waals surface area contributed by atoms with Gasteiger partial charge < -0.3 is 10.0 Å². The molecule has 4 nitrogen and oxygen atoms in total. The topological polar surface area (TPSA) is 57.6 Å². The fraction of sp³-hybridized carbons (Fsp3) is 0.529. The Labute approximate surface area is 126 Å². The van der Waals surface area contributed by atoms with E-state index >= 15 is 0 Å². The van der Waals surface area contributed by atoms with E-state index in [0.29, 0.717) is 25.3 Å². The van der Waals surface area contributed by atoms with Crippen LogP contribution >= 0.6 is 0 Å². The number of aliphatic carboxylic acids is 1. The van der Waals surface area contributed by atoms with Gasteiger partial charge >= 0.3 is 5.97 Å². The third kappa shape index (κ3) is 5.98. The maximum atomic E-state index is 12.1. The average Bonchev–Trinajstić information content (AvgIpc) is 2.45. The third-order valence-corrected chi connectivity index (χ3v) is 3.60. The molecule has 0 fully saturated rings.